The lowest BCUT2D eigenvalue weighted by Gasteiger charge is -2.08. The highest BCUT2D eigenvalue weighted by Gasteiger charge is 2.04. The fraction of sp³-hybridized carbons (Fsp3) is 0.167. The zero-order valence-electron chi connectivity index (χ0n) is 12.6. The maximum Gasteiger partial charge on any atom is 0.239 e. The van der Waals surface area contributed by atoms with Crippen LogP contribution in [0.1, 0.15) is 5.56 Å². The quantitative estimate of drug-likeness (QED) is 0.618. The first-order valence-corrected chi connectivity index (χ1v) is 8.33. The predicted molar refractivity (Wildman–Crippen MR) is 97.6 cm³/mol. The molecule has 1 heterocycles. The first kappa shape index (κ1) is 15.6. The minimum atomic E-state index is -0.00943. The fourth-order valence-electron chi connectivity index (χ4n) is 2.52. The number of aromatic amines is 1. The normalized spacial score (nSPS) is 10.7. The Morgan fingerprint density at radius 1 is 1.13 bits per heavy atom. The van der Waals surface area contributed by atoms with E-state index < -0.39 is 0 Å². The van der Waals surface area contributed by atoms with Crippen molar-refractivity contribution in [1.82, 2.24) is 10.3 Å². The standard InChI is InChI=1S/C18H18BrN3O/c19-14-4-3-5-15(10-14)21-12-18(23)20-9-8-13-11-22-17-7-2-1-6-16(13)17/h1-7,10-11,21-22H,8-9,12H2,(H,20,23). The zero-order valence-corrected chi connectivity index (χ0v) is 14.2. The number of aromatic nitrogens is 1. The van der Waals surface area contributed by atoms with Crippen LogP contribution in [0.25, 0.3) is 10.9 Å². The summed E-state index contributed by atoms with van der Waals surface area (Å²) in [5.41, 5.74) is 3.28. The lowest BCUT2D eigenvalue weighted by atomic mass is 10.1. The van der Waals surface area contributed by atoms with Crippen LogP contribution >= 0.6 is 15.9 Å². The van der Waals surface area contributed by atoms with Crippen molar-refractivity contribution in [2.75, 3.05) is 18.4 Å². The number of halogens is 1. The van der Waals surface area contributed by atoms with Gasteiger partial charge in [0.1, 0.15) is 0 Å². The maximum absolute atomic E-state index is 11.9. The molecule has 3 rings (SSSR count). The Balaban J connectivity index is 1.46. The van der Waals surface area contributed by atoms with Crippen LogP contribution < -0.4 is 10.6 Å². The predicted octanol–water partition coefficient (Wildman–Crippen LogP) is 3.70. The number of hydrogen-bond acceptors (Lipinski definition) is 2. The molecule has 0 radical (unpaired) electrons. The van der Waals surface area contributed by atoms with Crippen molar-refractivity contribution in [2.24, 2.45) is 0 Å². The van der Waals surface area contributed by atoms with Crippen LogP contribution in [0, 0.1) is 0 Å². The maximum atomic E-state index is 11.9. The van der Waals surface area contributed by atoms with Crippen LogP contribution in [0.2, 0.25) is 0 Å². The van der Waals surface area contributed by atoms with Crippen molar-refractivity contribution in [3.05, 3.63) is 64.8 Å². The molecule has 1 amide bonds. The van der Waals surface area contributed by atoms with E-state index >= 15 is 0 Å². The molecule has 1 aromatic heterocycles. The van der Waals surface area contributed by atoms with Crippen LogP contribution in [0.5, 0.6) is 0 Å². The summed E-state index contributed by atoms with van der Waals surface area (Å²) in [6.07, 6.45) is 2.82. The first-order chi connectivity index (χ1) is 11.2. The number of para-hydroxylation sites is 1. The molecule has 3 N–H and O–H groups in total. The lowest BCUT2D eigenvalue weighted by Crippen LogP contribution is -2.31. The third-order valence-corrected chi connectivity index (χ3v) is 4.16. The minimum absolute atomic E-state index is 0.00943. The van der Waals surface area contributed by atoms with E-state index in [1.807, 2.05) is 42.6 Å². The number of H-pyrrole nitrogens is 1. The van der Waals surface area contributed by atoms with E-state index in [-0.39, 0.29) is 12.5 Å². The number of carbonyl (C=O) groups is 1. The van der Waals surface area contributed by atoms with Gasteiger partial charge < -0.3 is 15.6 Å². The summed E-state index contributed by atoms with van der Waals surface area (Å²) >= 11 is 3.41. The molecule has 0 aliphatic rings. The number of fused-ring (bicyclic) bond motifs is 1. The van der Waals surface area contributed by atoms with Gasteiger partial charge in [-0.2, -0.15) is 0 Å². The summed E-state index contributed by atoms with van der Waals surface area (Å²) in [7, 11) is 0. The largest absolute Gasteiger partial charge is 0.376 e. The van der Waals surface area contributed by atoms with Crippen molar-refractivity contribution < 1.29 is 4.79 Å². The Morgan fingerprint density at radius 2 is 2.00 bits per heavy atom. The average molecular weight is 372 g/mol. The number of rotatable bonds is 6. The molecule has 118 valence electrons. The van der Waals surface area contributed by atoms with Gasteiger partial charge in [-0.1, -0.05) is 40.2 Å². The minimum Gasteiger partial charge on any atom is -0.376 e. The molecule has 23 heavy (non-hydrogen) atoms. The molecule has 0 saturated carbocycles. The second-order valence-electron chi connectivity index (χ2n) is 5.32. The molecule has 0 aliphatic carbocycles. The van der Waals surface area contributed by atoms with E-state index in [1.165, 1.54) is 10.9 Å². The third-order valence-electron chi connectivity index (χ3n) is 3.67. The third kappa shape index (κ3) is 4.13. The number of anilines is 1. The summed E-state index contributed by atoms with van der Waals surface area (Å²) in [5.74, 6) is -0.00943. The Hall–Kier alpha value is -2.27. The molecule has 2 aromatic carbocycles. The molecule has 3 aromatic rings. The second-order valence-corrected chi connectivity index (χ2v) is 6.24. The highest BCUT2D eigenvalue weighted by atomic mass is 79.9. The molecule has 0 saturated heterocycles. The van der Waals surface area contributed by atoms with Crippen molar-refractivity contribution in [1.29, 1.82) is 0 Å². The van der Waals surface area contributed by atoms with Gasteiger partial charge in [0.15, 0.2) is 0 Å². The van der Waals surface area contributed by atoms with Gasteiger partial charge in [0.25, 0.3) is 0 Å². The molecule has 0 aliphatic heterocycles. The molecular weight excluding hydrogens is 354 g/mol. The van der Waals surface area contributed by atoms with Gasteiger partial charge in [0, 0.05) is 33.8 Å². The highest BCUT2D eigenvalue weighted by molar-refractivity contribution is 9.10. The van der Waals surface area contributed by atoms with Crippen LogP contribution in [0.3, 0.4) is 0 Å². The molecule has 0 unspecified atom stereocenters. The van der Waals surface area contributed by atoms with E-state index in [1.54, 1.807) is 0 Å². The van der Waals surface area contributed by atoms with Gasteiger partial charge in [-0.3, -0.25) is 4.79 Å². The van der Waals surface area contributed by atoms with Crippen LogP contribution in [0.4, 0.5) is 5.69 Å². The van der Waals surface area contributed by atoms with Gasteiger partial charge >= 0.3 is 0 Å². The van der Waals surface area contributed by atoms with E-state index in [0.29, 0.717) is 6.54 Å². The number of nitrogens with one attached hydrogen (secondary N) is 3. The van der Waals surface area contributed by atoms with Gasteiger partial charge in [0.05, 0.1) is 6.54 Å². The van der Waals surface area contributed by atoms with Crippen LogP contribution in [0.15, 0.2) is 59.2 Å². The number of hydrogen-bond donors (Lipinski definition) is 3. The van der Waals surface area contributed by atoms with Crippen molar-refractivity contribution in [3.63, 3.8) is 0 Å². The summed E-state index contributed by atoms with van der Waals surface area (Å²) in [6.45, 7) is 0.894. The summed E-state index contributed by atoms with van der Waals surface area (Å²) in [6, 6.07) is 16.0. The Bertz CT molecular complexity index is 813. The monoisotopic (exact) mass is 371 g/mol. The number of amides is 1. The van der Waals surface area contributed by atoms with E-state index in [2.05, 4.69) is 43.7 Å². The van der Waals surface area contributed by atoms with E-state index in [9.17, 15) is 4.79 Å². The highest BCUT2D eigenvalue weighted by Crippen LogP contribution is 2.17. The molecule has 4 nitrogen and oxygen atoms in total. The van der Waals surface area contributed by atoms with Gasteiger partial charge in [-0.15, -0.1) is 0 Å². The molecule has 0 spiro atoms. The fourth-order valence-corrected chi connectivity index (χ4v) is 2.92. The number of benzene rings is 2. The van der Waals surface area contributed by atoms with Crippen molar-refractivity contribution in [3.8, 4) is 0 Å². The van der Waals surface area contributed by atoms with Crippen molar-refractivity contribution in [2.45, 2.75) is 6.42 Å². The van der Waals surface area contributed by atoms with Crippen LogP contribution in [-0.2, 0) is 11.2 Å². The Kier molecular flexibility index (Phi) is 4.98. The average Bonchev–Trinajstić information content (AvgIpc) is 2.97. The summed E-state index contributed by atoms with van der Waals surface area (Å²) in [4.78, 5) is 15.1. The first-order valence-electron chi connectivity index (χ1n) is 7.53. The lowest BCUT2D eigenvalue weighted by molar-refractivity contribution is -0.119. The van der Waals surface area contributed by atoms with Gasteiger partial charge in [-0.25, -0.2) is 0 Å². The molecule has 0 fully saturated rings. The smallest absolute Gasteiger partial charge is 0.239 e. The van der Waals surface area contributed by atoms with E-state index in [0.717, 1.165) is 22.1 Å². The second kappa shape index (κ2) is 7.33. The summed E-state index contributed by atoms with van der Waals surface area (Å²) < 4.78 is 0.988. The molecule has 0 atom stereocenters. The van der Waals surface area contributed by atoms with Gasteiger partial charge in [-0.05, 0) is 36.2 Å². The zero-order chi connectivity index (χ0) is 16.1. The SMILES string of the molecule is O=C(CNc1cccc(Br)c1)NCCc1c[nH]c2ccccc12. The van der Waals surface area contributed by atoms with Gasteiger partial charge in [0.2, 0.25) is 5.91 Å². The topological polar surface area (TPSA) is 56.9 Å². The molecule has 0 bridgehead atoms. The Morgan fingerprint density at radius 3 is 2.87 bits per heavy atom. The molecular formula is C18H18BrN3O. The van der Waals surface area contributed by atoms with E-state index in [4.69, 9.17) is 0 Å². The summed E-state index contributed by atoms with van der Waals surface area (Å²) in [5, 5.41) is 7.27. The number of carbonyl (C=O) groups excluding carboxylic acids is 1. The van der Waals surface area contributed by atoms with Crippen molar-refractivity contribution >= 4 is 38.4 Å². The molecule has 5 heteroatoms. The van der Waals surface area contributed by atoms with Crippen LogP contribution in [-0.4, -0.2) is 24.0 Å². The Labute approximate surface area is 143 Å².